The third-order valence-corrected chi connectivity index (χ3v) is 9.56. The van der Waals surface area contributed by atoms with Crippen molar-refractivity contribution in [1.82, 2.24) is 14.5 Å². The molecule has 1 aromatic heterocycles. The Kier molecular flexibility index (Phi) is 6.56. The lowest BCUT2D eigenvalue weighted by Crippen LogP contribution is -2.27. The van der Waals surface area contributed by atoms with Gasteiger partial charge < -0.3 is 4.42 Å². The van der Waals surface area contributed by atoms with E-state index in [0.717, 1.165) is 12.8 Å². The number of sulfonamides is 1. The summed E-state index contributed by atoms with van der Waals surface area (Å²) in [6.07, 6.45) is 1.67. The van der Waals surface area contributed by atoms with Crippen LogP contribution in [0.3, 0.4) is 0 Å². The minimum atomic E-state index is -3.57. The highest BCUT2D eigenvalue weighted by Crippen LogP contribution is 2.25. The van der Waals surface area contributed by atoms with Crippen LogP contribution in [0.1, 0.15) is 37.0 Å². The van der Waals surface area contributed by atoms with E-state index in [1.54, 1.807) is 26.0 Å². The predicted octanol–water partition coefficient (Wildman–Crippen LogP) is 2.96. The van der Waals surface area contributed by atoms with Gasteiger partial charge in [-0.2, -0.15) is 4.31 Å². The highest BCUT2D eigenvalue weighted by atomic mass is 32.2. The van der Waals surface area contributed by atoms with Gasteiger partial charge >= 0.3 is 6.01 Å². The minimum Gasteiger partial charge on any atom is -0.403 e. The van der Waals surface area contributed by atoms with E-state index >= 15 is 0 Å². The summed E-state index contributed by atoms with van der Waals surface area (Å²) in [5.41, 5.74) is 0.608. The molecule has 1 N–H and O–H groups in total. The number of aromatic nitrogens is 2. The molecule has 0 spiro atoms. The second-order valence-corrected chi connectivity index (χ2v) is 12.6. The van der Waals surface area contributed by atoms with E-state index in [0.29, 0.717) is 18.7 Å². The lowest BCUT2D eigenvalue weighted by molar-refractivity contribution is 0.102. The molecule has 1 aliphatic rings. The maximum Gasteiger partial charge on any atom is 0.322 e. The molecular weight excluding hydrogens is 480 g/mol. The molecule has 2 heterocycles. The summed E-state index contributed by atoms with van der Waals surface area (Å²) in [5, 5.41) is 9.56. The Bertz CT molecular complexity index is 1410. The lowest BCUT2D eigenvalue weighted by atomic mass is 10.2. The van der Waals surface area contributed by atoms with Crippen molar-refractivity contribution in [2.45, 2.75) is 41.7 Å². The fourth-order valence-electron chi connectivity index (χ4n) is 3.49. The first-order valence-corrected chi connectivity index (χ1v) is 13.7. The first-order chi connectivity index (χ1) is 16.1. The molecule has 4 rings (SSSR count). The summed E-state index contributed by atoms with van der Waals surface area (Å²) in [6, 6.07) is 11.6. The Morgan fingerprint density at radius 1 is 0.971 bits per heavy atom. The number of amides is 1. The molecule has 12 heteroatoms. The van der Waals surface area contributed by atoms with Crippen LogP contribution in [-0.4, -0.2) is 55.6 Å². The molecule has 0 saturated carbocycles. The van der Waals surface area contributed by atoms with E-state index in [1.165, 1.54) is 40.7 Å². The second-order valence-electron chi connectivity index (χ2n) is 8.12. The monoisotopic (exact) mass is 504 g/mol. The molecule has 34 heavy (non-hydrogen) atoms. The first kappa shape index (κ1) is 24.0. The SMILES string of the molecule is CC(C)S(=O)(=O)c1cccc(-c2nnc(NC(=O)c3ccc(S(=O)(=O)N4CCCC4)cc3)o2)c1. The number of hydrogen-bond donors (Lipinski definition) is 1. The van der Waals surface area contributed by atoms with Crippen LogP contribution >= 0.6 is 0 Å². The number of benzene rings is 2. The van der Waals surface area contributed by atoms with E-state index in [1.807, 2.05) is 0 Å². The summed E-state index contributed by atoms with van der Waals surface area (Å²) in [5.74, 6) is -0.514. The van der Waals surface area contributed by atoms with Crippen LogP contribution < -0.4 is 5.32 Å². The number of sulfone groups is 1. The Hall–Kier alpha value is -3.09. The average Bonchev–Trinajstić information content (AvgIpc) is 3.52. The van der Waals surface area contributed by atoms with Gasteiger partial charge in [-0.3, -0.25) is 10.1 Å². The summed E-state index contributed by atoms with van der Waals surface area (Å²) < 4.78 is 57.0. The molecule has 180 valence electrons. The standard InChI is InChI=1S/C22H24N4O6S2/c1-15(2)33(28,29)19-7-5-6-17(14-19)21-24-25-22(32-21)23-20(27)16-8-10-18(11-9-16)34(30,31)26-12-3-4-13-26/h5-11,14-15H,3-4,12-13H2,1-2H3,(H,23,25,27). The van der Waals surface area contributed by atoms with Crippen molar-refractivity contribution >= 4 is 31.8 Å². The first-order valence-electron chi connectivity index (χ1n) is 10.7. The topological polar surface area (TPSA) is 140 Å². The third kappa shape index (κ3) is 4.74. The van der Waals surface area contributed by atoms with Gasteiger partial charge in [0, 0.05) is 24.2 Å². The number of carbonyl (C=O) groups is 1. The molecule has 1 saturated heterocycles. The van der Waals surface area contributed by atoms with Gasteiger partial charge in [0.2, 0.25) is 15.9 Å². The summed E-state index contributed by atoms with van der Waals surface area (Å²) in [4.78, 5) is 12.8. The number of carbonyl (C=O) groups excluding carboxylic acids is 1. The van der Waals surface area contributed by atoms with Crippen molar-refractivity contribution in [2.75, 3.05) is 18.4 Å². The largest absolute Gasteiger partial charge is 0.403 e. The smallest absolute Gasteiger partial charge is 0.322 e. The summed E-state index contributed by atoms with van der Waals surface area (Å²) in [7, 11) is -7.05. The van der Waals surface area contributed by atoms with Crippen molar-refractivity contribution in [2.24, 2.45) is 0 Å². The molecule has 0 aliphatic carbocycles. The van der Waals surface area contributed by atoms with Crippen LogP contribution in [0.15, 0.2) is 62.7 Å². The van der Waals surface area contributed by atoms with E-state index in [2.05, 4.69) is 15.5 Å². The highest BCUT2D eigenvalue weighted by molar-refractivity contribution is 7.92. The van der Waals surface area contributed by atoms with Gasteiger partial charge in [-0.05, 0) is 69.2 Å². The average molecular weight is 505 g/mol. The van der Waals surface area contributed by atoms with Gasteiger partial charge in [-0.1, -0.05) is 11.2 Å². The van der Waals surface area contributed by atoms with Crippen molar-refractivity contribution in [1.29, 1.82) is 0 Å². The van der Waals surface area contributed by atoms with Gasteiger partial charge in [-0.25, -0.2) is 16.8 Å². The zero-order chi connectivity index (χ0) is 24.5. The lowest BCUT2D eigenvalue weighted by Gasteiger charge is -2.15. The van der Waals surface area contributed by atoms with Gasteiger partial charge in [-0.15, -0.1) is 5.10 Å². The van der Waals surface area contributed by atoms with E-state index in [4.69, 9.17) is 4.42 Å². The maximum atomic E-state index is 12.6. The second kappa shape index (κ2) is 9.28. The van der Waals surface area contributed by atoms with Crippen LogP contribution in [0.2, 0.25) is 0 Å². The van der Waals surface area contributed by atoms with Crippen LogP contribution in [0.25, 0.3) is 11.5 Å². The zero-order valence-corrected chi connectivity index (χ0v) is 20.3. The van der Waals surface area contributed by atoms with Gasteiger partial charge in [0.15, 0.2) is 9.84 Å². The number of nitrogens with zero attached hydrogens (tertiary/aromatic N) is 3. The number of nitrogens with one attached hydrogen (secondary N) is 1. The highest BCUT2D eigenvalue weighted by Gasteiger charge is 2.27. The Morgan fingerprint density at radius 3 is 2.29 bits per heavy atom. The quantitative estimate of drug-likeness (QED) is 0.518. The summed E-state index contributed by atoms with van der Waals surface area (Å²) >= 11 is 0. The summed E-state index contributed by atoms with van der Waals surface area (Å²) in [6.45, 7) is 4.18. The van der Waals surface area contributed by atoms with Crippen molar-refractivity contribution < 1.29 is 26.0 Å². The number of hydrogen-bond acceptors (Lipinski definition) is 8. The van der Waals surface area contributed by atoms with Crippen molar-refractivity contribution in [3.63, 3.8) is 0 Å². The fraction of sp³-hybridized carbons (Fsp3) is 0.318. The molecule has 1 fully saturated rings. The van der Waals surface area contributed by atoms with Gasteiger partial charge in [0.25, 0.3) is 5.91 Å². The van der Waals surface area contributed by atoms with Crippen molar-refractivity contribution in [3.8, 4) is 11.5 Å². The Balaban J connectivity index is 1.48. The van der Waals surface area contributed by atoms with Crippen LogP contribution in [0.5, 0.6) is 0 Å². The molecule has 1 aliphatic heterocycles. The van der Waals surface area contributed by atoms with Gasteiger partial charge in [0.1, 0.15) is 0 Å². The Morgan fingerprint density at radius 2 is 1.65 bits per heavy atom. The number of rotatable bonds is 7. The normalized spacial score (nSPS) is 15.0. The van der Waals surface area contributed by atoms with Crippen LogP contribution in [0.4, 0.5) is 6.01 Å². The Labute approximate surface area is 198 Å². The maximum absolute atomic E-state index is 12.6. The molecule has 0 bridgehead atoms. The van der Waals surface area contributed by atoms with E-state index in [9.17, 15) is 21.6 Å². The molecule has 1 amide bonds. The van der Waals surface area contributed by atoms with E-state index < -0.39 is 31.0 Å². The zero-order valence-electron chi connectivity index (χ0n) is 18.6. The molecule has 0 atom stereocenters. The fourth-order valence-corrected chi connectivity index (χ4v) is 6.11. The number of anilines is 1. The van der Waals surface area contributed by atoms with Gasteiger partial charge in [0.05, 0.1) is 15.0 Å². The van der Waals surface area contributed by atoms with Crippen LogP contribution in [-0.2, 0) is 19.9 Å². The van der Waals surface area contributed by atoms with E-state index in [-0.39, 0.29) is 27.3 Å². The molecule has 10 nitrogen and oxygen atoms in total. The van der Waals surface area contributed by atoms with Crippen molar-refractivity contribution in [3.05, 3.63) is 54.1 Å². The van der Waals surface area contributed by atoms with Crippen LogP contribution in [0, 0.1) is 0 Å². The minimum absolute atomic E-state index is 0.0446. The molecule has 0 radical (unpaired) electrons. The third-order valence-electron chi connectivity index (χ3n) is 5.49. The molecule has 2 aromatic carbocycles. The molecular formula is C22H24N4O6S2. The molecule has 0 unspecified atom stereocenters. The predicted molar refractivity (Wildman–Crippen MR) is 124 cm³/mol. The molecule has 3 aromatic rings.